The summed E-state index contributed by atoms with van der Waals surface area (Å²) < 4.78 is 10.4. The van der Waals surface area contributed by atoms with Gasteiger partial charge in [-0.25, -0.2) is 0 Å². The molecule has 7 heteroatoms. The van der Waals surface area contributed by atoms with Gasteiger partial charge in [-0.05, 0) is 29.5 Å². The fourth-order valence-corrected chi connectivity index (χ4v) is 3.04. The van der Waals surface area contributed by atoms with E-state index in [0.29, 0.717) is 23.6 Å². The maximum atomic E-state index is 12.6. The predicted octanol–water partition coefficient (Wildman–Crippen LogP) is 2.84. The molecule has 0 aliphatic heterocycles. The molecule has 26 heavy (non-hydrogen) atoms. The van der Waals surface area contributed by atoms with E-state index in [9.17, 15) is 9.59 Å². The highest BCUT2D eigenvalue weighted by Gasteiger charge is 2.25. The van der Waals surface area contributed by atoms with Crippen LogP contribution in [0.15, 0.2) is 35.7 Å². The minimum absolute atomic E-state index is 0.0604. The fourth-order valence-electron chi connectivity index (χ4n) is 2.40. The van der Waals surface area contributed by atoms with Gasteiger partial charge in [0, 0.05) is 16.5 Å². The van der Waals surface area contributed by atoms with Gasteiger partial charge >= 0.3 is 0 Å². The van der Waals surface area contributed by atoms with Crippen molar-refractivity contribution in [1.82, 2.24) is 10.6 Å². The Labute approximate surface area is 157 Å². The minimum atomic E-state index is -0.639. The van der Waals surface area contributed by atoms with Gasteiger partial charge in [0.25, 0.3) is 5.91 Å². The van der Waals surface area contributed by atoms with Gasteiger partial charge in [0.2, 0.25) is 5.91 Å². The van der Waals surface area contributed by atoms with Gasteiger partial charge < -0.3 is 20.1 Å². The summed E-state index contributed by atoms with van der Waals surface area (Å²) in [4.78, 5) is 26.2. The van der Waals surface area contributed by atoms with Crippen LogP contribution in [0.3, 0.4) is 0 Å². The number of benzene rings is 1. The number of carbonyl (C=O) groups excluding carboxylic acids is 2. The maximum Gasteiger partial charge on any atom is 0.252 e. The molecule has 0 unspecified atom stereocenters. The quantitative estimate of drug-likeness (QED) is 0.743. The summed E-state index contributed by atoms with van der Waals surface area (Å²) in [6.07, 6.45) is 0. The second-order valence-electron chi connectivity index (χ2n) is 6.09. The predicted molar refractivity (Wildman–Crippen MR) is 102 cm³/mol. The van der Waals surface area contributed by atoms with Crippen molar-refractivity contribution in [1.29, 1.82) is 0 Å². The zero-order chi connectivity index (χ0) is 19.1. The molecule has 0 radical (unpaired) electrons. The number of carbonyl (C=O) groups is 2. The summed E-state index contributed by atoms with van der Waals surface area (Å²) in [6, 6.07) is 8.15. The van der Waals surface area contributed by atoms with Gasteiger partial charge in [-0.1, -0.05) is 19.9 Å². The van der Waals surface area contributed by atoms with Crippen LogP contribution >= 0.6 is 11.3 Å². The highest BCUT2D eigenvalue weighted by molar-refractivity contribution is 7.09. The van der Waals surface area contributed by atoms with Crippen LogP contribution in [0.5, 0.6) is 11.5 Å². The molecule has 1 aromatic heterocycles. The molecule has 0 fully saturated rings. The van der Waals surface area contributed by atoms with Gasteiger partial charge in [0.1, 0.15) is 17.5 Å². The molecule has 2 rings (SSSR count). The lowest BCUT2D eigenvalue weighted by Crippen LogP contribution is -2.49. The first-order valence-electron chi connectivity index (χ1n) is 8.28. The lowest BCUT2D eigenvalue weighted by atomic mass is 10.0. The number of nitrogens with one attached hydrogen (secondary N) is 2. The van der Waals surface area contributed by atoms with E-state index in [1.165, 1.54) is 14.2 Å². The highest BCUT2D eigenvalue weighted by atomic mass is 32.1. The molecule has 140 valence electrons. The van der Waals surface area contributed by atoms with E-state index in [2.05, 4.69) is 10.6 Å². The Hall–Kier alpha value is -2.54. The van der Waals surface area contributed by atoms with E-state index >= 15 is 0 Å². The highest BCUT2D eigenvalue weighted by Crippen LogP contribution is 2.22. The van der Waals surface area contributed by atoms with E-state index in [-0.39, 0.29) is 17.7 Å². The van der Waals surface area contributed by atoms with Crippen LogP contribution in [0, 0.1) is 5.92 Å². The number of rotatable bonds is 8. The van der Waals surface area contributed by atoms with Crippen LogP contribution in [-0.4, -0.2) is 32.1 Å². The molecule has 1 aromatic carbocycles. The Balaban J connectivity index is 2.08. The van der Waals surface area contributed by atoms with Crippen molar-refractivity contribution in [2.45, 2.75) is 26.4 Å². The zero-order valence-electron chi connectivity index (χ0n) is 15.4. The maximum absolute atomic E-state index is 12.6. The first-order chi connectivity index (χ1) is 12.4. The molecule has 0 spiro atoms. The molecule has 0 bridgehead atoms. The molecular formula is C19H24N2O4S. The van der Waals surface area contributed by atoms with Crippen molar-refractivity contribution in [2.24, 2.45) is 5.92 Å². The number of amides is 2. The Morgan fingerprint density at radius 1 is 1.12 bits per heavy atom. The third kappa shape index (κ3) is 5.23. The Morgan fingerprint density at radius 3 is 2.27 bits per heavy atom. The van der Waals surface area contributed by atoms with Crippen molar-refractivity contribution >= 4 is 23.2 Å². The summed E-state index contributed by atoms with van der Waals surface area (Å²) in [5.74, 6) is 0.397. The van der Waals surface area contributed by atoms with E-state index in [0.717, 1.165) is 4.88 Å². The van der Waals surface area contributed by atoms with Gasteiger partial charge in [-0.2, -0.15) is 0 Å². The van der Waals surface area contributed by atoms with Crippen LogP contribution in [0.25, 0.3) is 0 Å². The van der Waals surface area contributed by atoms with Crippen molar-refractivity contribution in [3.8, 4) is 11.5 Å². The third-order valence-corrected chi connectivity index (χ3v) is 4.74. The molecule has 0 aliphatic rings. The molecular weight excluding hydrogens is 352 g/mol. The number of hydrogen-bond donors (Lipinski definition) is 2. The van der Waals surface area contributed by atoms with Crippen molar-refractivity contribution in [2.75, 3.05) is 14.2 Å². The molecule has 0 aliphatic carbocycles. The minimum Gasteiger partial charge on any atom is -0.497 e. The van der Waals surface area contributed by atoms with Crippen molar-refractivity contribution in [3.05, 3.63) is 46.2 Å². The van der Waals surface area contributed by atoms with E-state index in [1.807, 2.05) is 31.4 Å². The normalized spacial score (nSPS) is 11.7. The SMILES string of the molecule is COc1cc(OC)cc(C(=O)N[C@@H](C(=O)NCc2cccs2)C(C)C)c1. The first-order valence-corrected chi connectivity index (χ1v) is 9.16. The van der Waals surface area contributed by atoms with Crippen LogP contribution < -0.4 is 20.1 Å². The van der Waals surface area contributed by atoms with E-state index < -0.39 is 6.04 Å². The number of ether oxygens (including phenoxy) is 2. The van der Waals surface area contributed by atoms with Crippen LogP contribution in [-0.2, 0) is 11.3 Å². The Morgan fingerprint density at radius 2 is 1.77 bits per heavy atom. The van der Waals surface area contributed by atoms with E-state index in [1.54, 1.807) is 29.5 Å². The lowest BCUT2D eigenvalue weighted by molar-refractivity contribution is -0.124. The number of methoxy groups -OCH3 is 2. The Bertz CT molecular complexity index is 722. The van der Waals surface area contributed by atoms with Gasteiger partial charge in [0.05, 0.1) is 20.8 Å². The van der Waals surface area contributed by atoms with Crippen LogP contribution in [0.2, 0.25) is 0 Å². The number of hydrogen-bond acceptors (Lipinski definition) is 5. The fraction of sp³-hybridized carbons (Fsp3) is 0.368. The molecule has 6 nitrogen and oxygen atoms in total. The molecule has 0 saturated carbocycles. The van der Waals surface area contributed by atoms with Crippen LogP contribution in [0.4, 0.5) is 0 Å². The van der Waals surface area contributed by atoms with Crippen molar-refractivity contribution < 1.29 is 19.1 Å². The first kappa shape index (κ1) is 19.8. The monoisotopic (exact) mass is 376 g/mol. The summed E-state index contributed by atoms with van der Waals surface area (Å²) in [6.45, 7) is 4.23. The Kier molecular flexibility index (Phi) is 7.03. The summed E-state index contributed by atoms with van der Waals surface area (Å²) in [7, 11) is 3.04. The largest absolute Gasteiger partial charge is 0.497 e. The summed E-state index contributed by atoms with van der Waals surface area (Å²) >= 11 is 1.57. The zero-order valence-corrected chi connectivity index (χ0v) is 16.2. The summed E-state index contributed by atoms with van der Waals surface area (Å²) in [5, 5.41) is 7.64. The smallest absolute Gasteiger partial charge is 0.252 e. The molecule has 2 N–H and O–H groups in total. The second kappa shape index (κ2) is 9.24. The summed E-state index contributed by atoms with van der Waals surface area (Å²) in [5.41, 5.74) is 0.373. The topological polar surface area (TPSA) is 76.7 Å². The van der Waals surface area contributed by atoms with Crippen LogP contribution in [0.1, 0.15) is 29.1 Å². The standard InChI is InChI=1S/C19H24N2O4S/c1-12(2)17(19(23)20-11-16-6-5-7-26-16)21-18(22)13-8-14(24-3)10-15(9-13)25-4/h5-10,12,17H,11H2,1-4H3,(H,20,23)(H,21,22)/t17-/m1/s1. The average molecular weight is 376 g/mol. The van der Waals surface area contributed by atoms with E-state index in [4.69, 9.17) is 9.47 Å². The molecule has 0 saturated heterocycles. The second-order valence-corrected chi connectivity index (χ2v) is 7.13. The molecule has 1 heterocycles. The average Bonchev–Trinajstić information content (AvgIpc) is 3.16. The number of thiophene rings is 1. The molecule has 2 amide bonds. The third-order valence-electron chi connectivity index (χ3n) is 3.87. The van der Waals surface area contributed by atoms with Gasteiger partial charge in [0.15, 0.2) is 0 Å². The van der Waals surface area contributed by atoms with Crippen molar-refractivity contribution in [3.63, 3.8) is 0 Å². The van der Waals surface area contributed by atoms with Gasteiger partial charge in [-0.15, -0.1) is 11.3 Å². The van der Waals surface area contributed by atoms with Gasteiger partial charge in [-0.3, -0.25) is 9.59 Å². The lowest BCUT2D eigenvalue weighted by Gasteiger charge is -2.22. The molecule has 1 atom stereocenters. The molecule has 2 aromatic rings.